The number of nitrogens with zero attached hydrogens (tertiary/aromatic N) is 1. The number of hydrogen-bond donors (Lipinski definition) is 3. The van der Waals surface area contributed by atoms with Crippen molar-refractivity contribution in [3.8, 4) is 6.07 Å². The summed E-state index contributed by atoms with van der Waals surface area (Å²) in [7, 11) is 0. The van der Waals surface area contributed by atoms with Gasteiger partial charge in [0.15, 0.2) is 0 Å². The van der Waals surface area contributed by atoms with E-state index in [2.05, 4.69) is 10.6 Å². The molecule has 0 bridgehead atoms. The highest BCUT2D eigenvalue weighted by atomic mass is 16.3. The van der Waals surface area contributed by atoms with Gasteiger partial charge in [0.25, 0.3) is 5.91 Å². The number of anilines is 1. The predicted octanol–water partition coefficient (Wildman–Crippen LogP) is 2.24. The van der Waals surface area contributed by atoms with Crippen molar-refractivity contribution in [1.82, 2.24) is 5.32 Å². The second-order valence-electron chi connectivity index (χ2n) is 6.61. The number of rotatable bonds is 6. The van der Waals surface area contributed by atoms with Crippen LogP contribution in [0.2, 0.25) is 0 Å². The lowest BCUT2D eigenvalue weighted by molar-refractivity contribution is -0.122. The molecular weight excluding hydrogens is 330 g/mol. The second-order valence-corrected chi connectivity index (χ2v) is 6.61. The summed E-state index contributed by atoms with van der Waals surface area (Å²) in [4.78, 5) is 24.2. The molecule has 0 fully saturated rings. The van der Waals surface area contributed by atoms with Crippen LogP contribution >= 0.6 is 0 Å². The molecule has 26 heavy (non-hydrogen) atoms. The normalized spacial score (nSPS) is 10.7. The van der Waals surface area contributed by atoms with Crippen molar-refractivity contribution >= 4 is 17.5 Å². The first-order chi connectivity index (χ1) is 12.3. The first-order valence-electron chi connectivity index (χ1n) is 8.15. The zero-order valence-corrected chi connectivity index (χ0v) is 14.7. The number of nitriles is 1. The summed E-state index contributed by atoms with van der Waals surface area (Å²) >= 11 is 0. The van der Waals surface area contributed by atoms with Gasteiger partial charge >= 0.3 is 0 Å². The molecule has 0 spiro atoms. The monoisotopic (exact) mass is 351 g/mol. The summed E-state index contributed by atoms with van der Waals surface area (Å²) in [5.74, 6) is -0.494. The Morgan fingerprint density at radius 1 is 1.15 bits per heavy atom. The minimum atomic E-state index is -0.664. The molecule has 2 aromatic rings. The topological polar surface area (TPSA) is 102 Å². The smallest absolute Gasteiger partial charge is 0.255 e. The molecule has 2 amide bonds. The van der Waals surface area contributed by atoms with Gasteiger partial charge in [-0.2, -0.15) is 5.26 Å². The molecule has 2 rings (SSSR count). The van der Waals surface area contributed by atoms with Crippen molar-refractivity contribution in [2.45, 2.75) is 25.8 Å². The fourth-order valence-corrected chi connectivity index (χ4v) is 2.29. The second kappa shape index (κ2) is 8.28. The van der Waals surface area contributed by atoms with E-state index in [0.717, 1.165) is 5.56 Å². The van der Waals surface area contributed by atoms with Crippen LogP contribution in [-0.2, 0) is 11.2 Å². The molecule has 0 radical (unpaired) electrons. The van der Waals surface area contributed by atoms with E-state index < -0.39 is 5.54 Å². The van der Waals surface area contributed by atoms with Crippen LogP contribution in [0, 0.1) is 11.3 Å². The molecule has 6 nitrogen and oxygen atoms in total. The van der Waals surface area contributed by atoms with Crippen LogP contribution in [-0.4, -0.2) is 29.1 Å². The minimum Gasteiger partial charge on any atom is -0.394 e. The van der Waals surface area contributed by atoms with Gasteiger partial charge in [-0.15, -0.1) is 0 Å². The van der Waals surface area contributed by atoms with E-state index in [4.69, 9.17) is 5.26 Å². The zero-order valence-electron chi connectivity index (χ0n) is 14.7. The SMILES string of the molecule is CC(C)(CO)NC(=O)Cc1ccc(NC(=O)c2cccc(C#N)c2)cc1. The summed E-state index contributed by atoms with van der Waals surface area (Å²) in [6.07, 6.45) is 0.182. The van der Waals surface area contributed by atoms with Gasteiger partial charge in [0.05, 0.1) is 30.2 Å². The third kappa shape index (κ3) is 5.43. The highest BCUT2D eigenvalue weighted by Crippen LogP contribution is 2.13. The molecule has 2 aromatic carbocycles. The van der Waals surface area contributed by atoms with Crippen LogP contribution in [0.25, 0.3) is 0 Å². The molecule has 0 aromatic heterocycles. The first-order valence-corrected chi connectivity index (χ1v) is 8.15. The number of carbonyl (C=O) groups excluding carboxylic acids is 2. The van der Waals surface area contributed by atoms with Gasteiger partial charge in [0.2, 0.25) is 5.91 Å². The van der Waals surface area contributed by atoms with E-state index in [1.165, 1.54) is 6.07 Å². The van der Waals surface area contributed by atoms with E-state index in [1.807, 2.05) is 6.07 Å². The lowest BCUT2D eigenvalue weighted by atomic mass is 10.1. The van der Waals surface area contributed by atoms with Gasteiger partial charge in [0, 0.05) is 11.3 Å². The van der Waals surface area contributed by atoms with Crippen molar-refractivity contribution < 1.29 is 14.7 Å². The summed E-state index contributed by atoms with van der Waals surface area (Å²) in [6, 6.07) is 15.4. The maximum absolute atomic E-state index is 12.2. The Labute approximate surface area is 152 Å². The fourth-order valence-electron chi connectivity index (χ4n) is 2.29. The molecule has 0 aliphatic heterocycles. The fraction of sp³-hybridized carbons (Fsp3) is 0.250. The molecule has 0 atom stereocenters. The Hall–Kier alpha value is -3.17. The summed E-state index contributed by atoms with van der Waals surface area (Å²) < 4.78 is 0. The third-order valence-corrected chi connectivity index (χ3v) is 3.70. The van der Waals surface area contributed by atoms with Crippen molar-refractivity contribution in [3.63, 3.8) is 0 Å². The van der Waals surface area contributed by atoms with Gasteiger partial charge in [-0.3, -0.25) is 9.59 Å². The maximum atomic E-state index is 12.2. The van der Waals surface area contributed by atoms with Gasteiger partial charge < -0.3 is 15.7 Å². The summed E-state index contributed by atoms with van der Waals surface area (Å²) in [5, 5.41) is 23.6. The van der Waals surface area contributed by atoms with Crippen molar-refractivity contribution in [2.24, 2.45) is 0 Å². The molecular formula is C20H21N3O3. The molecule has 6 heteroatoms. The molecule has 0 aliphatic carbocycles. The maximum Gasteiger partial charge on any atom is 0.255 e. The quantitative estimate of drug-likeness (QED) is 0.743. The minimum absolute atomic E-state index is 0.142. The van der Waals surface area contributed by atoms with Gasteiger partial charge in [-0.05, 0) is 49.7 Å². The van der Waals surface area contributed by atoms with Gasteiger partial charge in [0.1, 0.15) is 0 Å². The highest BCUT2D eigenvalue weighted by Gasteiger charge is 2.19. The first kappa shape index (κ1) is 19.2. The standard InChI is InChI=1S/C20H21N3O3/c1-20(2,13-24)23-18(25)11-14-6-8-17(9-7-14)22-19(26)16-5-3-4-15(10-16)12-21/h3-10,24H,11,13H2,1-2H3,(H,22,26)(H,23,25). The number of aliphatic hydroxyl groups excluding tert-OH is 1. The summed E-state index contributed by atoms with van der Waals surface area (Å²) in [6.45, 7) is 3.34. The average molecular weight is 351 g/mol. The Morgan fingerprint density at radius 2 is 1.85 bits per heavy atom. The zero-order chi connectivity index (χ0) is 19.2. The van der Waals surface area contributed by atoms with E-state index >= 15 is 0 Å². The number of nitrogens with one attached hydrogen (secondary N) is 2. The predicted molar refractivity (Wildman–Crippen MR) is 98.6 cm³/mol. The molecule has 0 aliphatic rings. The van der Waals surface area contributed by atoms with Crippen molar-refractivity contribution in [3.05, 3.63) is 65.2 Å². The van der Waals surface area contributed by atoms with Crippen LogP contribution in [0.1, 0.15) is 35.3 Å². The molecule has 0 heterocycles. The molecule has 3 N–H and O–H groups in total. The van der Waals surface area contributed by atoms with E-state index in [0.29, 0.717) is 16.8 Å². The Morgan fingerprint density at radius 3 is 2.46 bits per heavy atom. The van der Waals surface area contributed by atoms with Crippen LogP contribution < -0.4 is 10.6 Å². The molecule has 0 saturated heterocycles. The Kier molecular flexibility index (Phi) is 6.10. The van der Waals surface area contributed by atoms with E-state index in [1.54, 1.807) is 56.3 Å². The lowest BCUT2D eigenvalue weighted by Gasteiger charge is -2.23. The van der Waals surface area contributed by atoms with Crippen molar-refractivity contribution in [1.29, 1.82) is 5.26 Å². The average Bonchev–Trinajstić information content (AvgIpc) is 2.63. The van der Waals surface area contributed by atoms with E-state index in [9.17, 15) is 14.7 Å². The van der Waals surface area contributed by atoms with Crippen LogP contribution in [0.4, 0.5) is 5.69 Å². The number of hydrogen-bond acceptors (Lipinski definition) is 4. The van der Waals surface area contributed by atoms with Gasteiger partial charge in [-0.25, -0.2) is 0 Å². The lowest BCUT2D eigenvalue weighted by Crippen LogP contribution is -2.46. The number of amides is 2. The van der Waals surface area contributed by atoms with Crippen LogP contribution in [0.5, 0.6) is 0 Å². The largest absolute Gasteiger partial charge is 0.394 e. The van der Waals surface area contributed by atoms with Crippen molar-refractivity contribution in [2.75, 3.05) is 11.9 Å². The van der Waals surface area contributed by atoms with Crippen LogP contribution in [0.3, 0.4) is 0 Å². The highest BCUT2D eigenvalue weighted by molar-refractivity contribution is 6.04. The molecule has 134 valence electrons. The Bertz CT molecular complexity index is 836. The summed E-state index contributed by atoms with van der Waals surface area (Å²) in [5.41, 5.74) is 1.55. The van der Waals surface area contributed by atoms with E-state index in [-0.39, 0.29) is 24.8 Å². The number of carbonyl (C=O) groups is 2. The molecule has 0 saturated carbocycles. The number of benzene rings is 2. The molecule has 0 unspecified atom stereocenters. The Balaban J connectivity index is 1.98. The van der Waals surface area contributed by atoms with Gasteiger partial charge in [-0.1, -0.05) is 18.2 Å². The van der Waals surface area contributed by atoms with Crippen LogP contribution in [0.15, 0.2) is 48.5 Å². The number of aliphatic hydroxyl groups is 1. The third-order valence-electron chi connectivity index (χ3n) is 3.70.